The molecule has 0 bridgehead atoms. The lowest BCUT2D eigenvalue weighted by Crippen LogP contribution is -1.91. The molecule has 170 valence electrons. The van der Waals surface area contributed by atoms with Crippen molar-refractivity contribution < 1.29 is 4.42 Å². The molecule has 7 rings (SSSR count). The zero-order valence-electron chi connectivity index (χ0n) is 19.6. The third-order valence-corrected chi connectivity index (χ3v) is 6.87. The Hall–Kier alpha value is -4.82. The molecule has 2 heteroatoms. The summed E-state index contributed by atoms with van der Waals surface area (Å²) in [6.45, 7) is 0. The minimum atomic E-state index is 0.869. The van der Waals surface area contributed by atoms with Gasteiger partial charge < -0.3 is 9.73 Å². The van der Waals surface area contributed by atoms with Gasteiger partial charge in [-0.05, 0) is 57.3 Å². The van der Waals surface area contributed by atoms with E-state index in [2.05, 4.69) is 127 Å². The molecule has 0 unspecified atom stereocenters. The van der Waals surface area contributed by atoms with Crippen molar-refractivity contribution in [2.75, 3.05) is 5.32 Å². The van der Waals surface area contributed by atoms with Gasteiger partial charge in [-0.1, -0.05) is 109 Å². The van der Waals surface area contributed by atoms with Gasteiger partial charge in [0, 0.05) is 16.5 Å². The van der Waals surface area contributed by atoms with Gasteiger partial charge in [-0.2, -0.15) is 0 Å². The molecule has 0 amide bonds. The Kier molecular flexibility index (Phi) is 4.82. The van der Waals surface area contributed by atoms with Crippen LogP contribution in [0, 0.1) is 0 Å². The molecule has 0 saturated heterocycles. The molecular weight excluding hydrogens is 438 g/mol. The van der Waals surface area contributed by atoms with E-state index in [4.69, 9.17) is 4.42 Å². The van der Waals surface area contributed by atoms with Crippen molar-refractivity contribution >= 4 is 44.1 Å². The van der Waals surface area contributed by atoms with Crippen molar-refractivity contribution in [1.82, 2.24) is 0 Å². The second-order valence-electron chi connectivity index (χ2n) is 9.06. The van der Waals surface area contributed by atoms with Crippen LogP contribution in [0.5, 0.6) is 0 Å². The molecule has 0 fully saturated rings. The number of anilines is 2. The zero-order valence-corrected chi connectivity index (χ0v) is 19.6. The number of fused-ring (bicyclic) bond motifs is 4. The average Bonchev–Trinajstić information content (AvgIpc) is 3.34. The SMILES string of the molecule is c1ccc(-c2cccc3oc4c(Nc5ccc(-c6cccc7ccccc67)cc5)cccc4c23)cc1. The molecule has 0 saturated carbocycles. The Morgan fingerprint density at radius 3 is 2.03 bits per heavy atom. The summed E-state index contributed by atoms with van der Waals surface area (Å²) in [5, 5.41) is 8.37. The van der Waals surface area contributed by atoms with E-state index >= 15 is 0 Å². The number of hydrogen-bond acceptors (Lipinski definition) is 2. The Balaban J connectivity index is 1.28. The summed E-state index contributed by atoms with van der Waals surface area (Å²) < 4.78 is 6.40. The molecule has 36 heavy (non-hydrogen) atoms. The molecule has 1 heterocycles. The summed E-state index contributed by atoms with van der Waals surface area (Å²) in [4.78, 5) is 0. The Morgan fingerprint density at radius 1 is 0.472 bits per heavy atom. The first-order valence-electron chi connectivity index (χ1n) is 12.2. The zero-order chi connectivity index (χ0) is 23.9. The first kappa shape index (κ1) is 20.5. The summed E-state index contributed by atoms with van der Waals surface area (Å²) in [6, 6.07) is 46.7. The maximum absolute atomic E-state index is 6.40. The highest BCUT2D eigenvalue weighted by Gasteiger charge is 2.15. The predicted octanol–water partition coefficient (Wildman–Crippen LogP) is 9.82. The van der Waals surface area contributed by atoms with Crippen LogP contribution < -0.4 is 5.32 Å². The number of hydrogen-bond donors (Lipinski definition) is 1. The van der Waals surface area contributed by atoms with Crippen LogP contribution >= 0.6 is 0 Å². The summed E-state index contributed by atoms with van der Waals surface area (Å²) in [5.74, 6) is 0. The second-order valence-corrected chi connectivity index (χ2v) is 9.06. The van der Waals surface area contributed by atoms with Gasteiger partial charge in [0.05, 0.1) is 5.69 Å². The van der Waals surface area contributed by atoms with E-state index in [1.807, 2.05) is 12.1 Å². The molecule has 1 aromatic heterocycles. The van der Waals surface area contributed by atoms with E-state index in [1.165, 1.54) is 33.0 Å². The van der Waals surface area contributed by atoms with Crippen LogP contribution in [0.15, 0.2) is 138 Å². The highest BCUT2D eigenvalue weighted by atomic mass is 16.3. The van der Waals surface area contributed by atoms with E-state index in [-0.39, 0.29) is 0 Å². The lowest BCUT2D eigenvalue weighted by atomic mass is 9.98. The molecule has 7 aromatic rings. The van der Waals surface area contributed by atoms with E-state index in [9.17, 15) is 0 Å². The number of benzene rings is 6. The van der Waals surface area contributed by atoms with Gasteiger partial charge in [0.2, 0.25) is 0 Å². The standard InChI is InChI=1S/C34H23NO/c1-2-9-24(10-3-1)29-15-8-18-32-33(29)30-16-7-17-31(34(30)36-32)35-26-21-19-25(20-22-26)28-14-6-12-23-11-4-5-13-27(23)28/h1-22,35H. The maximum atomic E-state index is 6.40. The van der Waals surface area contributed by atoms with Crippen molar-refractivity contribution in [1.29, 1.82) is 0 Å². The highest BCUT2D eigenvalue weighted by molar-refractivity contribution is 6.15. The number of para-hydroxylation sites is 1. The van der Waals surface area contributed by atoms with Crippen molar-refractivity contribution in [2.24, 2.45) is 0 Å². The number of nitrogens with one attached hydrogen (secondary N) is 1. The molecule has 0 aliphatic heterocycles. The molecule has 2 nitrogen and oxygen atoms in total. The first-order chi connectivity index (χ1) is 17.8. The van der Waals surface area contributed by atoms with Gasteiger partial charge in [0.25, 0.3) is 0 Å². The average molecular weight is 462 g/mol. The van der Waals surface area contributed by atoms with Gasteiger partial charge in [-0.3, -0.25) is 0 Å². The van der Waals surface area contributed by atoms with Gasteiger partial charge in [0.15, 0.2) is 5.58 Å². The van der Waals surface area contributed by atoms with Gasteiger partial charge in [0.1, 0.15) is 5.58 Å². The van der Waals surface area contributed by atoms with Gasteiger partial charge in [-0.25, -0.2) is 0 Å². The topological polar surface area (TPSA) is 25.2 Å². The Labute approximate surface area is 209 Å². The Bertz CT molecular complexity index is 1840. The molecule has 0 radical (unpaired) electrons. The largest absolute Gasteiger partial charge is 0.454 e. The summed E-state index contributed by atoms with van der Waals surface area (Å²) in [7, 11) is 0. The quantitative estimate of drug-likeness (QED) is 0.282. The minimum Gasteiger partial charge on any atom is -0.454 e. The lowest BCUT2D eigenvalue weighted by molar-refractivity contribution is 0.670. The lowest BCUT2D eigenvalue weighted by Gasteiger charge is -2.10. The van der Waals surface area contributed by atoms with E-state index in [0.717, 1.165) is 33.3 Å². The van der Waals surface area contributed by atoms with Crippen molar-refractivity contribution in [2.45, 2.75) is 0 Å². The van der Waals surface area contributed by atoms with Gasteiger partial charge in [-0.15, -0.1) is 0 Å². The monoisotopic (exact) mass is 461 g/mol. The number of furan rings is 1. The van der Waals surface area contributed by atoms with Crippen LogP contribution in [0.4, 0.5) is 11.4 Å². The highest BCUT2D eigenvalue weighted by Crippen LogP contribution is 2.40. The first-order valence-corrected chi connectivity index (χ1v) is 12.2. The molecule has 6 aromatic carbocycles. The third kappa shape index (κ3) is 3.43. The molecule has 1 N–H and O–H groups in total. The van der Waals surface area contributed by atoms with Crippen LogP contribution in [-0.2, 0) is 0 Å². The van der Waals surface area contributed by atoms with Crippen molar-refractivity contribution in [3.8, 4) is 22.3 Å². The predicted molar refractivity (Wildman–Crippen MR) is 152 cm³/mol. The van der Waals surface area contributed by atoms with E-state index in [0.29, 0.717) is 0 Å². The maximum Gasteiger partial charge on any atom is 0.158 e. The normalized spacial score (nSPS) is 11.3. The summed E-state index contributed by atoms with van der Waals surface area (Å²) >= 11 is 0. The Morgan fingerprint density at radius 2 is 1.14 bits per heavy atom. The van der Waals surface area contributed by atoms with E-state index < -0.39 is 0 Å². The minimum absolute atomic E-state index is 0.869. The molecular formula is C34H23NO. The van der Waals surface area contributed by atoms with Crippen LogP contribution in [-0.4, -0.2) is 0 Å². The van der Waals surface area contributed by atoms with Gasteiger partial charge >= 0.3 is 0 Å². The van der Waals surface area contributed by atoms with Crippen LogP contribution in [0.2, 0.25) is 0 Å². The molecule has 0 aliphatic carbocycles. The van der Waals surface area contributed by atoms with Crippen LogP contribution in [0.1, 0.15) is 0 Å². The molecule has 0 atom stereocenters. The third-order valence-electron chi connectivity index (χ3n) is 6.87. The summed E-state index contributed by atoms with van der Waals surface area (Å²) in [5.41, 5.74) is 8.56. The smallest absolute Gasteiger partial charge is 0.158 e. The van der Waals surface area contributed by atoms with E-state index in [1.54, 1.807) is 0 Å². The summed E-state index contributed by atoms with van der Waals surface area (Å²) in [6.07, 6.45) is 0. The fourth-order valence-electron chi connectivity index (χ4n) is 5.17. The van der Waals surface area contributed by atoms with Crippen LogP contribution in [0.25, 0.3) is 55.0 Å². The molecule has 0 aliphatic rings. The van der Waals surface area contributed by atoms with Crippen molar-refractivity contribution in [3.63, 3.8) is 0 Å². The fraction of sp³-hybridized carbons (Fsp3) is 0. The van der Waals surface area contributed by atoms with Crippen molar-refractivity contribution in [3.05, 3.63) is 133 Å². The molecule has 0 spiro atoms. The number of rotatable bonds is 4. The van der Waals surface area contributed by atoms with Crippen LogP contribution in [0.3, 0.4) is 0 Å². The second kappa shape index (κ2) is 8.44. The fourth-order valence-corrected chi connectivity index (χ4v) is 5.17.